The van der Waals surface area contributed by atoms with Gasteiger partial charge in [0.25, 0.3) is 0 Å². The summed E-state index contributed by atoms with van der Waals surface area (Å²) >= 11 is 6.20. The first-order valence-corrected chi connectivity index (χ1v) is 9.53. The van der Waals surface area contributed by atoms with Crippen molar-refractivity contribution in [1.29, 1.82) is 0 Å². The lowest BCUT2D eigenvalue weighted by Crippen LogP contribution is -2.45. The number of hydrogen-bond donors (Lipinski definition) is 1. The topological polar surface area (TPSA) is 58.0 Å². The van der Waals surface area contributed by atoms with Gasteiger partial charge in [-0.1, -0.05) is 29.8 Å². The third-order valence-electron chi connectivity index (χ3n) is 4.73. The molecule has 1 saturated heterocycles. The number of carbonyl (C=O) groups is 1. The van der Waals surface area contributed by atoms with Crippen molar-refractivity contribution in [1.82, 2.24) is 15.1 Å². The second-order valence-corrected chi connectivity index (χ2v) is 7.15. The average molecular weight is 392 g/mol. The van der Waals surface area contributed by atoms with Crippen molar-refractivity contribution in [3.63, 3.8) is 0 Å². The molecule has 0 spiro atoms. The summed E-state index contributed by atoms with van der Waals surface area (Å²) in [4.78, 5) is 16.5. The van der Waals surface area contributed by atoms with Crippen molar-refractivity contribution in [2.45, 2.75) is 19.5 Å². The maximum absolute atomic E-state index is 12.6. The Morgan fingerprint density at radius 1 is 1.26 bits per heavy atom. The molecular weight excluding hydrogens is 366 g/mol. The molecule has 27 heavy (non-hydrogen) atoms. The van der Waals surface area contributed by atoms with E-state index in [2.05, 4.69) is 10.2 Å². The molecule has 1 N–H and O–H groups in total. The number of urea groups is 1. The summed E-state index contributed by atoms with van der Waals surface area (Å²) in [7, 11) is 1.76. The lowest BCUT2D eigenvalue weighted by Gasteiger charge is -2.33. The fourth-order valence-electron chi connectivity index (χ4n) is 3.20. The minimum atomic E-state index is -0.142. The number of furan rings is 1. The number of morpholine rings is 1. The molecule has 0 bridgehead atoms. The zero-order valence-electron chi connectivity index (χ0n) is 15.8. The van der Waals surface area contributed by atoms with Gasteiger partial charge < -0.3 is 19.4 Å². The number of nitrogens with one attached hydrogen (secondary N) is 1. The number of benzene rings is 1. The van der Waals surface area contributed by atoms with Gasteiger partial charge >= 0.3 is 6.03 Å². The van der Waals surface area contributed by atoms with Crippen molar-refractivity contribution >= 4 is 17.6 Å². The van der Waals surface area contributed by atoms with Crippen LogP contribution in [-0.4, -0.2) is 55.7 Å². The number of rotatable bonds is 6. The summed E-state index contributed by atoms with van der Waals surface area (Å²) in [5.41, 5.74) is 0.920. The van der Waals surface area contributed by atoms with Gasteiger partial charge in [0, 0.05) is 38.2 Å². The molecular formula is C20H26ClN3O3. The Morgan fingerprint density at radius 2 is 2.00 bits per heavy atom. The fourth-order valence-corrected chi connectivity index (χ4v) is 3.40. The lowest BCUT2D eigenvalue weighted by atomic mass is 10.1. The van der Waals surface area contributed by atoms with Gasteiger partial charge in [-0.15, -0.1) is 0 Å². The highest BCUT2D eigenvalue weighted by atomic mass is 35.5. The molecule has 2 aromatic rings. The molecule has 1 aromatic carbocycles. The molecule has 0 saturated carbocycles. The number of nitrogens with zero attached hydrogens (tertiary/aromatic N) is 2. The first-order valence-electron chi connectivity index (χ1n) is 9.15. The Labute approximate surface area is 165 Å². The molecule has 6 nitrogen and oxygen atoms in total. The van der Waals surface area contributed by atoms with Gasteiger partial charge in [0.15, 0.2) is 0 Å². The van der Waals surface area contributed by atoms with E-state index in [9.17, 15) is 4.79 Å². The molecule has 0 aliphatic carbocycles. The van der Waals surface area contributed by atoms with E-state index in [1.165, 1.54) is 0 Å². The second kappa shape index (κ2) is 9.26. The van der Waals surface area contributed by atoms with Gasteiger partial charge in [0.05, 0.1) is 19.3 Å². The highest BCUT2D eigenvalue weighted by molar-refractivity contribution is 6.31. The van der Waals surface area contributed by atoms with Gasteiger partial charge in [0.2, 0.25) is 0 Å². The molecule has 0 radical (unpaired) electrons. The van der Waals surface area contributed by atoms with Gasteiger partial charge in [-0.3, -0.25) is 4.90 Å². The SMILES string of the molecule is Cc1ccc(C(CNC(=O)N(C)Cc2ccccc2Cl)N2CCOCC2)o1. The zero-order chi connectivity index (χ0) is 19.2. The van der Waals surface area contributed by atoms with Crippen molar-refractivity contribution in [3.05, 3.63) is 58.5 Å². The van der Waals surface area contributed by atoms with E-state index >= 15 is 0 Å². The van der Waals surface area contributed by atoms with Crippen LogP contribution in [0.4, 0.5) is 4.79 Å². The van der Waals surface area contributed by atoms with Crippen LogP contribution in [0.3, 0.4) is 0 Å². The largest absolute Gasteiger partial charge is 0.465 e. The molecule has 1 fully saturated rings. The van der Waals surface area contributed by atoms with Crippen LogP contribution in [0.15, 0.2) is 40.8 Å². The predicted molar refractivity (Wildman–Crippen MR) is 105 cm³/mol. The van der Waals surface area contributed by atoms with E-state index in [1.807, 2.05) is 43.3 Å². The van der Waals surface area contributed by atoms with Crippen LogP contribution in [0.1, 0.15) is 23.1 Å². The van der Waals surface area contributed by atoms with Crippen LogP contribution in [0, 0.1) is 6.92 Å². The van der Waals surface area contributed by atoms with Crippen LogP contribution in [0.2, 0.25) is 5.02 Å². The molecule has 3 rings (SSSR count). The molecule has 2 amide bonds. The Bertz CT molecular complexity index is 758. The number of ether oxygens (including phenoxy) is 1. The summed E-state index contributed by atoms with van der Waals surface area (Å²) in [6.45, 7) is 5.86. The monoisotopic (exact) mass is 391 g/mol. The summed E-state index contributed by atoms with van der Waals surface area (Å²) in [6.07, 6.45) is 0. The van der Waals surface area contributed by atoms with Gasteiger partial charge in [-0.05, 0) is 30.7 Å². The summed E-state index contributed by atoms with van der Waals surface area (Å²) in [5, 5.41) is 3.69. The van der Waals surface area contributed by atoms with E-state index in [4.69, 9.17) is 20.8 Å². The van der Waals surface area contributed by atoms with E-state index in [1.54, 1.807) is 11.9 Å². The third kappa shape index (κ3) is 5.25. The summed E-state index contributed by atoms with van der Waals surface area (Å²) < 4.78 is 11.3. The standard InChI is InChI=1S/C20H26ClN3O3/c1-15-7-8-19(27-15)18(24-9-11-26-12-10-24)13-22-20(25)23(2)14-16-5-3-4-6-17(16)21/h3-8,18H,9-14H2,1-2H3,(H,22,25). The Balaban J connectivity index is 1.62. The van der Waals surface area contributed by atoms with E-state index < -0.39 is 0 Å². The molecule has 1 aliphatic heterocycles. The first kappa shape index (κ1) is 19.7. The highest BCUT2D eigenvalue weighted by Gasteiger charge is 2.26. The predicted octanol–water partition coefficient (Wildman–Crippen LogP) is 3.46. The summed E-state index contributed by atoms with van der Waals surface area (Å²) in [6, 6.07) is 11.3. The van der Waals surface area contributed by atoms with E-state index in [-0.39, 0.29) is 12.1 Å². The minimum Gasteiger partial charge on any atom is -0.465 e. The minimum absolute atomic E-state index is 0.0136. The molecule has 1 atom stereocenters. The Kier molecular flexibility index (Phi) is 6.77. The average Bonchev–Trinajstić information content (AvgIpc) is 3.10. The number of hydrogen-bond acceptors (Lipinski definition) is 4. The second-order valence-electron chi connectivity index (χ2n) is 6.75. The number of aryl methyl sites for hydroxylation is 1. The smallest absolute Gasteiger partial charge is 0.317 e. The van der Waals surface area contributed by atoms with E-state index in [0.717, 1.165) is 30.2 Å². The van der Waals surface area contributed by atoms with Crippen molar-refractivity contribution in [2.24, 2.45) is 0 Å². The Hall–Kier alpha value is -2.02. The van der Waals surface area contributed by atoms with Crippen LogP contribution < -0.4 is 5.32 Å². The zero-order valence-corrected chi connectivity index (χ0v) is 16.5. The van der Waals surface area contributed by atoms with Crippen LogP contribution >= 0.6 is 11.6 Å². The maximum Gasteiger partial charge on any atom is 0.317 e. The molecule has 1 unspecified atom stereocenters. The number of amides is 2. The van der Waals surface area contributed by atoms with Crippen molar-refractivity contribution in [3.8, 4) is 0 Å². The van der Waals surface area contributed by atoms with Crippen LogP contribution in [0.5, 0.6) is 0 Å². The summed E-state index contributed by atoms with van der Waals surface area (Å²) in [5.74, 6) is 1.73. The normalized spacial score (nSPS) is 16.1. The Morgan fingerprint density at radius 3 is 2.67 bits per heavy atom. The first-order chi connectivity index (χ1) is 13.0. The lowest BCUT2D eigenvalue weighted by molar-refractivity contribution is 0.0119. The number of carbonyl (C=O) groups excluding carboxylic acids is 1. The third-order valence-corrected chi connectivity index (χ3v) is 5.10. The number of halogens is 1. The molecule has 7 heteroatoms. The maximum atomic E-state index is 12.6. The van der Waals surface area contributed by atoms with Crippen LogP contribution in [0.25, 0.3) is 0 Å². The van der Waals surface area contributed by atoms with Gasteiger partial charge in [-0.25, -0.2) is 4.79 Å². The highest BCUT2D eigenvalue weighted by Crippen LogP contribution is 2.23. The molecule has 2 heterocycles. The molecule has 1 aromatic heterocycles. The fraction of sp³-hybridized carbons (Fsp3) is 0.450. The van der Waals surface area contributed by atoms with Crippen molar-refractivity contribution < 1.29 is 13.9 Å². The van der Waals surface area contributed by atoms with E-state index in [0.29, 0.717) is 31.3 Å². The molecule has 146 valence electrons. The van der Waals surface area contributed by atoms with Crippen molar-refractivity contribution in [2.75, 3.05) is 39.9 Å². The van der Waals surface area contributed by atoms with Crippen LogP contribution in [-0.2, 0) is 11.3 Å². The quantitative estimate of drug-likeness (QED) is 0.819. The van der Waals surface area contributed by atoms with Gasteiger partial charge in [-0.2, -0.15) is 0 Å². The van der Waals surface area contributed by atoms with Gasteiger partial charge in [0.1, 0.15) is 11.5 Å². The molecule has 1 aliphatic rings.